The number of rotatable bonds is 0. The van der Waals surface area contributed by atoms with Crippen molar-refractivity contribution < 1.29 is 5.11 Å². The van der Waals surface area contributed by atoms with Gasteiger partial charge >= 0.3 is 53.0 Å². The summed E-state index contributed by atoms with van der Waals surface area (Å²) < 4.78 is 1.51. The molecule has 0 saturated heterocycles. The summed E-state index contributed by atoms with van der Waals surface area (Å²) in [5.74, 6) is 0.239. The summed E-state index contributed by atoms with van der Waals surface area (Å²) in [6.07, 6.45) is 1.67. The molecule has 1 heterocycles. The van der Waals surface area contributed by atoms with Crippen LogP contribution in [-0.2, 0) is 0 Å². The van der Waals surface area contributed by atoms with E-state index in [2.05, 4.69) is 35.3 Å². The van der Waals surface area contributed by atoms with Gasteiger partial charge in [0.05, 0.1) is 0 Å². The van der Waals surface area contributed by atoms with E-state index in [4.69, 9.17) is 0 Å². The number of aromatic nitrogens is 1. The van der Waals surface area contributed by atoms with E-state index in [-0.39, 0.29) is 5.75 Å². The van der Waals surface area contributed by atoms with Crippen molar-refractivity contribution in [3.63, 3.8) is 0 Å². The van der Waals surface area contributed by atoms with Gasteiger partial charge in [-0.3, -0.25) is 4.98 Å². The van der Waals surface area contributed by atoms with Gasteiger partial charge in [0.1, 0.15) is 11.3 Å². The van der Waals surface area contributed by atoms with Crippen LogP contribution in [0.2, 0.25) is 0 Å². The molecular formula is C15H14GaNO. The van der Waals surface area contributed by atoms with Crippen molar-refractivity contribution in [1.82, 2.24) is 4.98 Å². The normalized spacial score (nSPS) is 9.56. The van der Waals surface area contributed by atoms with Crippen LogP contribution in [0.5, 0.6) is 5.75 Å². The van der Waals surface area contributed by atoms with E-state index in [0.29, 0.717) is 5.52 Å². The van der Waals surface area contributed by atoms with Crippen LogP contribution < -0.4 is 4.12 Å². The number of para-hydroxylation sites is 1. The van der Waals surface area contributed by atoms with Crippen molar-refractivity contribution in [3.05, 3.63) is 66.9 Å². The predicted octanol–water partition coefficient (Wildman–Crippen LogP) is 1.89. The number of nitrogens with zero attached hydrogens (tertiary/aromatic N) is 1. The van der Waals surface area contributed by atoms with Crippen LogP contribution >= 0.6 is 0 Å². The molecule has 2 nitrogen and oxygen atoms in total. The van der Waals surface area contributed by atoms with E-state index in [1.165, 1.54) is 4.12 Å². The molecule has 0 fully saturated rings. The van der Waals surface area contributed by atoms with E-state index in [1.54, 1.807) is 18.3 Å². The Morgan fingerprint density at radius 1 is 0.833 bits per heavy atom. The summed E-state index contributed by atoms with van der Waals surface area (Å²) >= 11 is 0.855. The van der Waals surface area contributed by atoms with Crippen LogP contribution in [0.1, 0.15) is 0 Å². The van der Waals surface area contributed by atoms with Crippen LogP contribution in [0, 0.1) is 0 Å². The molecule has 0 aliphatic rings. The molecule has 3 aromatic rings. The molecule has 3 heteroatoms. The van der Waals surface area contributed by atoms with Crippen molar-refractivity contribution in [3.8, 4) is 5.75 Å². The van der Waals surface area contributed by atoms with E-state index in [9.17, 15) is 5.11 Å². The van der Waals surface area contributed by atoms with Gasteiger partial charge in [-0.1, -0.05) is 18.2 Å². The molecule has 0 aliphatic carbocycles. The Morgan fingerprint density at radius 2 is 1.56 bits per heavy atom. The van der Waals surface area contributed by atoms with Gasteiger partial charge in [0.2, 0.25) is 0 Å². The monoisotopic (exact) mass is 293 g/mol. The van der Waals surface area contributed by atoms with Crippen LogP contribution in [0.25, 0.3) is 10.9 Å². The predicted molar refractivity (Wildman–Crippen MR) is 78.0 cm³/mol. The molecule has 0 amide bonds. The molecular weight excluding hydrogens is 280 g/mol. The summed E-state index contributed by atoms with van der Waals surface area (Å²) in [6.45, 7) is 0. The molecule has 0 aliphatic heterocycles. The zero-order valence-electron chi connectivity index (χ0n) is 10.2. The minimum absolute atomic E-state index is 0.239. The minimum atomic E-state index is 0.239. The van der Waals surface area contributed by atoms with Gasteiger partial charge in [-0.25, -0.2) is 0 Å². The first-order valence-electron chi connectivity index (χ1n) is 5.82. The van der Waals surface area contributed by atoms with Crippen molar-refractivity contribution in [2.24, 2.45) is 0 Å². The van der Waals surface area contributed by atoms with Crippen molar-refractivity contribution in [1.29, 1.82) is 0 Å². The SMILES string of the molecule is Oc1cccc2cccnc12.[GaH2][c]1ccccc1. The fraction of sp³-hybridized carbons (Fsp3) is 0. The number of benzene rings is 2. The number of hydrogen-bond acceptors (Lipinski definition) is 2. The second kappa shape index (κ2) is 6.28. The van der Waals surface area contributed by atoms with Gasteiger partial charge in [-0.15, -0.1) is 0 Å². The Labute approximate surface area is 116 Å². The van der Waals surface area contributed by atoms with E-state index in [0.717, 1.165) is 24.0 Å². The van der Waals surface area contributed by atoms with Crippen molar-refractivity contribution in [2.45, 2.75) is 0 Å². The molecule has 1 aromatic heterocycles. The van der Waals surface area contributed by atoms with Crippen molar-refractivity contribution >= 4 is 33.6 Å². The second-order valence-electron chi connectivity index (χ2n) is 4.01. The molecule has 0 bridgehead atoms. The van der Waals surface area contributed by atoms with Crippen LogP contribution in [0.3, 0.4) is 0 Å². The molecule has 0 radical (unpaired) electrons. The third kappa shape index (κ3) is 3.39. The first-order chi connectivity index (χ1) is 8.77. The van der Waals surface area contributed by atoms with Crippen LogP contribution in [0.4, 0.5) is 0 Å². The van der Waals surface area contributed by atoms with Gasteiger partial charge < -0.3 is 5.11 Å². The Bertz CT molecular complexity index is 620. The Balaban J connectivity index is 0.000000149. The second-order valence-corrected chi connectivity index (χ2v) is 6.43. The fourth-order valence-electron chi connectivity index (χ4n) is 1.62. The molecule has 0 spiro atoms. The average Bonchev–Trinajstić information content (AvgIpc) is 2.41. The zero-order chi connectivity index (χ0) is 12.8. The molecule has 88 valence electrons. The number of phenolic OH excluding ortho intramolecular Hbond substituents is 1. The van der Waals surface area contributed by atoms with Gasteiger partial charge in [-0.2, -0.15) is 0 Å². The topological polar surface area (TPSA) is 33.1 Å². The molecule has 0 unspecified atom stereocenters. The average molecular weight is 294 g/mol. The first kappa shape index (κ1) is 12.7. The molecule has 18 heavy (non-hydrogen) atoms. The number of pyridine rings is 1. The van der Waals surface area contributed by atoms with Gasteiger partial charge in [0, 0.05) is 11.6 Å². The number of phenols is 1. The summed E-state index contributed by atoms with van der Waals surface area (Å²) in [4.78, 5) is 4.03. The Kier molecular flexibility index (Phi) is 4.44. The Morgan fingerprint density at radius 3 is 2.17 bits per heavy atom. The molecule has 1 N–H and O–H groups in total. The quantitative estimate of drug-likeness (QED) is 0.642. The maximum absolute atomic E-state index is 9.31. The van der Waals surface area contributed by atoms with Crippen LogP contribution in [0.15, 0.2) is 66.9 Å². The van der Waals surface area contributed by atoms with E-state index < -0.39 is 0 Å². The standard InChI is InChI=1S/C9H7NO.C6H5.Ga.2H/c11-8-5-1-3-7-4-2-6-10-9(7)8;1-2-4-6-5-3-1;;;/h1-6,11H;1-5H;;;. The summed E-state index contributed by atoms with van der Waals surface area (Å²) in [6, 6.07) is 19.7. The van der Waals surface area contributed by atoms with Gasteiger partial charge in [-0.05, 0) is 12.1 Å². The van der Waals surface area contributed by atoms with Crippen molar-refractivity contribution in [2.75, 3.05) is 0 Å². The molecule has 0 atom stereocenters. The van der Waals surface area contributed by atoms with E-state index >= 15 is 0 Å². The van der Waals surface area contributed by atoms with Gasteiger partial charge in [0.15, 0.2) is 0 Å². The third-order valence-corrected chi connectivity index (χ3v) is 3.95. The number of aromatic hydroxyl groups is 1. The van der Waals surface area contributed by atoms with E-state index in [1.807, 2.05) is 18.2 Å². The van der Waals surface area contributed by atoms with Gasteiger partial charge in [0.25, 0.3) is 0 Å². The fourth-order valence-corrected chi connectivity index (χ4v) is 2.43. The molecule has 3 rings (SSSR count). The first-order valence-corrected chi connectivity index (χ1v) is 7.91. The number of fused-ring (bicyclic) bond motifs is 1. The summed E-state index contributed by atoms with van der Waals surface area (Å²) in [7, 11) is 0. The molecule has 0 saturated carbocycles. The summed E-state index contributed by atoms with van der Waals surface area (Å²) in [5, 5.41) is 10.3. The number of hydrogen-bond donors (Lipinski definition) is 1. The Hall–Kier alpha value is -1.71. The van der Waals surface area contributed by atoms with Crippen LogP contribution in [-0.4, -0.2) is 28.7 Å². The molecule has 2 aromatic carbocycles. The summed E-state index contributed by atoms with van der Waals surface area (Å²) in [5.41, 5.74) is 0.662. The maximum atomic E-state index is 9.31. The third-order valence-electron chi connectivity index (χ3n) is 2.55. The zero-order valence-corrected chi connectivity index (χ0v) is 14.4.